The number of hydrogen-bond donors (Lipinski definition) is 0. The second-order valence-electron chi connectivity index (χ2n) is 10.5. The highest BCUT2D eigenvalue weighted by Gasteiger charge is 2.46. The second kappa shape index (κ2) is 9.89. The van der Waals surface area contributed by atoms with Gasteiger partial charge in [0.15, 0.2) is 0 Å². The Hall–Kier alpha value is -4.68. The standard InChI is InChI=1S/C39H30/c1-5-16-29(17-6-1)38(36-27-15-26-35-34-25-14-13-18-30(34)28-37(35)36)39(31-19-7-2-8-20-31,32-21-9-3-10-22-32)33-23-11-4-12-24-33/h1-27,38H,28H2. The van der Waals surface area contributed by atoms with Gasteiger partial charge in [-0.25, -0.2) is 0 Å². The van der Waals surface area contributed by atoms with E-state index in [1.54, 1.807) is 0 Å². The predicted molar refractivity (Wildman–Crippen MR) is 162 cm³/mol. The van der Waals surface area contributed by atoms with Crippen molar-refractivity contribution in [3.63, 3.8) is 0 Å². The van der Waals surface area contributed by atoms with Gasteiger partial charge in [-0.1, -0.05) is 164 Å². The van der Waals surface area contributed by atoms with Crippen LogP contribution >= 0.6 is 0 Å². The third kappa shape index (κ3) is 3.83. The molecule has 0 nitrogen and oxygen atoms in total. The Labute approximate surface area is 231 Å². The Morgan fingerprint density at radius 3 is 1.44 bits per heavy atom. The van der Waals surface area contributed by atoms with E-state index < -0.39 is 5.41 Å². The first kappa shape index (κ1) is 23.4. The molecule has 0 saturated carbocycles. The lowest BCUT2D eigenvalue weighted by Crippen LogP contribution is -2.37. The van der Waals surface area contributed by atoms with Crippen LogP contribution in [0.1, 0.15) is 44.9 Å². The molecule has 6 aromatic carbocycles. The summed E-state index contributed by atoms with van der Waals surface area (Å²) in [6.07, 6.45) is 0.958. The topological polar surface area (TPSA) is 0 Å². The lowest BCUT2D eigenvalue weighted by molar-refractivity contribution is 0.535. The summed E-state index contributed by atoms with van der Waals surface area (Å²) in [7, 11) is 0. The first-order valence-electron chi connectivity index (χ1n) is 13.8. The Morgan fingerprint density at radius 2 is 0.872 bits per heavy atom. The molecule has 186 valence electrons. The van der Waals surface area contributed by atoms with Gasteiger partial charge in [0.05, 0.1) is 5.41 Å². The van der Waals surface area contributed by atoms with Gasteiger partial charge in [-0.3, -0.25) is 0 Å². The first-order valence-corrected chi connectivity index (χ1v) is 13.8. The largest absolute Gasteiger partial charge is 0.0622 e. The maximum absolute atomic E-state index is 2.38. The maximum atomic E-state index is 2.38. The highest BCUT2D eigenvalue weighted by Crippen LogP contribution is 2.54. The monoisotopic (exact) mass is 498 g/mol. The Bertz CT molecular complexity index is 1600. The molecule has 1 atom stereocenters. The Kier molecular flexibility index (Phi) is 5.94. The molecule has 0 amide bonds. The summed E-state index contributed by atoms with van der Waals surface area (Å²) in [6, 6.07) is 60.3. The van der Waals surface area contributed by atoms with E-state index in [1.165, 1.54) is 50.1 Å². The van der Waals surface area contributed by atoms with Crippen molar-refractivity contribution in [3.05, 3.63) is 203 Å². The lowest BCUT2D eigenvalue weighted by atomic mass is 9.57. The molecule has 0 aliphatic heterocycles. The minimum absolute atomic E-state index is 0.0511. The minimum Gasteiger partial charge on any atom is -0.0622 e. The van der Waals surface area contributed by atoms with Crippen LogP contribution in [-0.4, -0.2) is 0 Å². The fourth-order valence-corrected chi connectivity index (χ4v) is 6.86. The molecule has 1 unspecified atom stereocenters. The van der Waals surface area contributed by atoms with Crippen molar-refractivity contribution in [2.75, 3.05) is 0 Å². The normalized spacial score (nSPS) is 12.9. The van der Waals surface area contributed by atoms with Gasteiger partial charge in [0.2, 0.25) is 0 Å². The summed E-state index contributed by atoms with van der Waals surface area (Å²) in [5.41, 5.74) is 11.7. The van der Waals surface area contributed by atoms with Crippen molar-refractivity contribution in [2.45, 2.75) is 17.8 Å². The molecule has 0 saturated heterocycles. The zero-order valence-corrected chi connectivity index (χ0v) is 21.9. The van der Waals surface area contributed by atoms with Gasteiger partial charge < -0.3 is 0 Å². The summed E-state index contributed by atoms with van der Waals surface area (Å²) < 4.78 is 0. The van der Waals surface area contributed by atoms with E-state index in [0.29, 0.717) is 0 Å². The third-order valence-electron chi connectivity index (χ3n) is 8.45. The van der Waals surface area contributed by atoms with Gasteiger partial charge in [0.25, 0.3) is 0 Å². The zero-order chi connectivity index (χ0) is 26.1. The maximum Gasteiger partial charge on any atom is 0.0560 e. The molecule has 0 bridgehead atoms. The predicted octanol–water partition coefficient (Wildman–Crippen LogP) is 9.42. The van der Waals surface area contributed by atoms with Crippen LogP contribution in [0.15, 0.2) is 164 Å². The summed E-state index contributed by atoms with van der Waals surface area (Å²) in [5.74, 6) is 0.0511. The van der Waals surface area contributed by atoms with E-state index >= 15 is 0 Å². The van der Waals surface area contributed by atoms with Crippen LogP contribution in [0, 0.1) is 0 Å². The number of benzene rings is 6. The summed E-state index contributed by atoms with van der Waals surface area (Å²) in [5, 5.41) is 0. The average Bonchev–Trinajstić information content (AvgIpc) is 3.41. The molecule has 39 heavy (non-hydrogen) atoms. The number of fused-ring (bicyclic) bond motifs is 3. The molecule has 6 aromatic rings. The minimum atomic E-state index is -0.449. The SMILES string of the molecule is c1ccc(C(c2cccc3c2Cc2ccccc2-3)C(c2ccccc2)(c2ccccc2)c2ccccc2)cc1. The fourth-order valence-electron chi connectivity index (χ4n) is 6.86. The molecule has 0 radical (unpaired) electrons. The van der Waals surface area contributed by atoms with Crippen molar-refractivity contribution >= 4 is 0 Å². The molecule has 0 heterocycles. The zero-order valence-electron chi connectivity index (χ0n) is 21.9. The van der Waals surface area contributed by atoms with Gasteiger partial charge in [-0.05, 0) is 56.5 Å². The third-order valence-corrected chi connectivity index (χ3v) is 8.45. The van der Waals surface area contributed by atoms with Crippen molar-refractivity contribution in [1.29, 1.82) is 0 Å². The summed E-state index contributed by atoms with van der Waals surface area (Å²) >= 11 is 0. The molecule has 0 heteroatoms. The van der Waals surface area contributed by atoms with E-state index in [4.69, 9.17) is 0 Å². The van der Waals surface area contributed by atoms with Crippen LogP contribution in [0.4, 0.5) is 0 Å². The van der Waals surface area contributed by atoms with Crippen molar-refractivity contribution in [1.82, 2.24) is 0 Å². The van der Waals surface area contributed by atoms with Gasteiger partial charge in [-0.15, -0.1) is 0 Å². The highest BCUT2D eigenvalue weighted by molar-refractivity contribution is 5.79. The average molecular weight is 499 g/mol. The highest BCUT2D eigenvalue weighted by atomic mass is 14.5. The fraction of sp³-hybridized carbons (Fsp3) is 0.0769. The van der Waals surface area contributed by atoms with Crippen molar-refractivity contribution in [3.8, 4) is 11.1 Å². The van der Waals surface area contributed by atoms with Crippen LogP contribution in [0.5, 0.6) is 0 Å². The Morgan fingerprint density at radius 1 is 0.410 bits per heavy atom. The smallest absolute Gasteiger partial charge is 0.0560 e. The van der Waals surface area contributed by atoms with Crippen LogP contribution in [-0.2, 0) is 11.8 Å². The molecule has 0 N–H and O–H groups in total. The molecule has 7 rings (SSSR count). The van der Waals surface area contributed by atoms with E-state index in [0.717, 1.165) is 6.42 Å². The first-order chi connectivity index (χ1) is 19.4. The van der Waals surface area contributed by atoms with Crippen LogP contribution in [0.2, 0.25) is 0 Å². The van der Waals surface area contributed by atoms with Gasteiger partial charge in [0.1, 0.15) is 0 Å². The van der Waals surface area contributed by atoms with Crippen LogP contribution in [0.3, 0.4) is 0 Å². The van der Waals surface area contributed by atoms with Crippen LogP contribution < -0.4 is 0 Å². The number of hydrogen-bond acceptors (Lipinski definition) is 0. The van der Waals surface area contributed by atoms with E-state index in [1.807, 2.05) is 0 Å². The van der Waals surface area contributed by atoms with Crippen molar-refractivity contribution < 1.29 is 0 Å². The molecule has 0 fully saturated rings. The quantitative estimate of drug-likeness (QED) is 0.200. The van der Waals surface area contributed by atoms with E-state index in [9.17, 15) is 0 Å². The molecule has 0 aromatic heterocycles. The van der Waals surface area contributed by atoms with Crippen molar-refractivity contribution in [2.24, 2.45) is 0 Å². The van der Waals surface area contributed by atoms with E-state index in [-0.39, 0.29) is 5.92 Å². The summed E-state index contributed by atoms with van der Waals surface area (Å²) in [4.78, 5) is 0. The molecule has 1 aliphatic carbocycles. The van der Waals surface area contributed by atoms with Gasteiger partial charge in [0, 0.05) is 5.92 Å². The molecular weight excluding hydrogens is 468 g/mol. The van der Waals surface area contributed by atoms with Gasteiger partial charge in [-0.2, -0.15) is 0 Å². The molecular formula is C39H30. The Balaban J connectivity index is 1.62. The molecule has 1 aliphatic rings. The van der Waals surface area contributed by atoms with Gasteiger partial charge >= 0.3 is 0 Å². The lowest BCUT2D eigenvalue weighted by Gasteiger charge is -2.44. The second-order valence-corrected chi connectivity index (χ2v) is 10.5. The van der Waals surface area contributed by atoms with Crippen LogP contribution in [0.25, 0.3) is 11.1 Å². The molecule has 0 spiro atoms. The summed E-state index contributed by atoms with van der Waals surface area (Å²) in [6.45, 7) is 0. The van der Waals surface area contributed by atoms with E-state index in [2.05, 4.69) is 164 Å². The number of rotatable bonds is 6.